The number of unbranched alkanes of at least 4 members (excludes halogenated alkanes) is 12. The molecule has 0 N–H and O–H groups in total. The number of hydrogen-bond donors (Lipinski definition) is 0. The number of quaternary nitrogens is 1. The van der Waals surface area contributed by atoms with E-state index >= 15 is 0 Å². The molecule has 0 spiro atoms. The molecule has 0 saturated carbocycles. The summed E-state index contributed by atoms with van der Waals surface area (Å²) >= 11 is 0. The van der Waals surface area contributed by atoms with Crippen LogP contribution in [0.1, 0.15) is 149 Å². The van der Waals surface area contributed by atoms with Crippen LogP contribution >= 0.6 is 0 Å². The third-order valence-electron chi connectivity index (χ3n) is 9.31. The van der Waals surface area contributed by atoms with Crippen molar-refractivity contribution in [3.63, 3.8) is 0 Å². The molecule has 0 amide bonds. The molecule has 58 heavy (non-hydrogen) atoms. The van der Waals surface area contributed by atoms with E-state index in [1.54, 1.807) is 21.1 Å². The highest BCUT2D eigenvalue weighted by molar-refractivity contribution is 5.70. The van der Waals surface area contributed by atoms with Gasteiger partial charge in [-0.15, -0.1) is 0 Å². The van der Waals surface area contributed by atoms with Crippen molar-refractivity contribution in [3.8, 4) is 0 Å². The lowest BCUT2D eigenvalue weighted by Gasteiger charge is -2.34. The van der Waals surface area contributed by atoms with Gasteiger partial charge in [0, 0.05) is 19.3 Å². The van der Waals surface area contributed by atoms with Gasteiger partial charge in [0.05, 0.1) is 40.3 Å². The number of carboxylic acid groups (broad SMARTS) is 1. The van der Waals surface area contributed by atoms with Gasteiger partial charge in [-0.05, 0) is 64.2 Å². The van der Waals surface area contributed by atoms with E-state index in [4.69, 9.17) is 14.2 Å². The summed E-state index contributed by atoms with van der Waals surface area (Å²) in [7, 11) is 5.38. The predicted octanol–water partition coefficient (Wildman–Crippen LogP) is 11.0. The van der Waals surface area contributed by atoms with E-state index in [9.17, 15) is 19.5 Å². The standard InChI is InChI=1S/C50H81NO7/c1-6-8-10-12-14-16-18-20-22-24-25-27-29-31-33-35-37-39-41-49(53)58-46(44-56-43-42-47(50(54)55)51(3,4)5)45-57-48(52)40-38-36-34-32-30-28-26-23-21-19-17-15-13-11-9-7-2/h9-12,14-18,20-25,27,46-47H,6-8,13,19,26,28-45H2,1-5H3/b11-9+,12-10+,16-14+,17-15+,20-18+,23-21+,24-22+,27-25+. The molecule has 0 aliphatic carbocycles. The summed E-state index contributed by atoms with van der Waals surface area (Å²) in [6.45, 7) is 4.40. The summed E-state index contributed by atoms with van der Waals surface area (Å²) in [5.74, 6) is -1.80. The highest BCUT2D eigenvalue weighted by Gasteiger charge is 2.25. The topological polar surface area (TPSA) is 102 Å². The van der Waals surface area contributed by atoms with Gasteiger partial charge in [-0.2, -0.15) is 0 Å². The molecule has 0 fully saturated rings. The summed E-state index contributed by atoms with van der Waals surface area (Å²) < 4.78 is 17.1. The zero-order chi connectivity index (χ0) is 42.8. The SMILES string of the molecule is CC/C=C/C/C=C/C/C=C/CCCCCCCCC(=O)OCC(COCCC(C(=O)[O-])[N+](C)(C)C)OC(=O)CCCCCCC/C=C/C=C/C=C/C=C/C=C/CCC. The number of rotatable bonds is 38. The first kappa shape index (κ1) is 54.2. The molecule has 0 rings (SSSR count). The number of carboxylic acids is 1. The predicted molar refractivity (Wildman–Crippen MR) is 240 cm³/mol. The molecule has 328 valence electrons. The van der Waals surface area contributed by atoms with E-state index in [1.807, 2.05) is 36.5 Å². The first-order chi connectivity index (χ1) is 28.1. The Bertz CT molecular complexity index is 1260. The molecule has 0 aliphatic rings. The summed E-state index contributed by atoms with van der Waals surface area (Å²) in [6, 6.07) is -0.739. The molecule has 0 bridgehead atoms. The summed E-state index contributed by atoms with van der Waals surface area (Å²) in [5.41, 5.74) is 0. The number of carbonyl (C=O) groups excluding carboxylic acids is 3. The Balaban J connectivity index is 4.45. The van der Waals surface area contributed by atoms with E-state index in [0.29, 0.717) is 6.42 Å². The Labute approximate surface area is 354 Å². The average molecular weight is 808 g/mol. The zero-order valence-corrected chi connectivity index (χ0v) is 37.2. The van der Waals surface area contributed by atoms with Crippen LogP contribution in [0, 0.1) is 0 Å². The van der Waals surface area contributed by atoms with Gasteiger partial charge in [0.1, 0.15) is 12.6 Å². The van der Waals surface area contributed by atoms with Crippen molar-refractivity contribution in [2.45, 2.75) is 161 Å². The van der Waals surface area contributed by atoms with Crippen molar-refractivity contribution >= 4 is 17.9 Å². The number of likely N-dealkylation sites (N-methyl/N-ethyl adjacent to an activating group) is 1. The van der Waals surface area contributed by atoms with Crippen LogP contribution in [0.15, 0.2) is 97.2 Å². The van der Waals surface area contributed by atoms with Crippen molar-refractivity contribution in [2.24, 2.45) is 0 Å². The second-order valence-electron chi connectivity index (χ2n) is 15.7. The number of aliphatic carboxylic acids is 1. The lowest BCUT2D eigenvalue weighted by Crippen LogP contribution is -2.55. The van der Waals surface area contributed by atoms with Crippen LogP contribution in [-0.4, -0.2) is 75.5 Å². The number of allylic oxidation sites excluding steroid dienone is 16. The largest absolute Gasteiger partial charge is 0.544 e. The number of carbonyl (C=O) groups is 3. The van der Waals surface area contributed by atoms with Crippen molar-refractivity contribution in [1.29, 1.82) is 0 Å². The smallest absolute Gasteiger partial charge is 0.306 e. The van der Waals surface area contributed by atoms with Crippen LogP contribution in [0.4, 0.5) is 0 Å². The highest BCUT2D eigenvalue weighted by Crippen LogP contribution is 2.13. The maximum absolute atomic E-state index is 12.7. The molecule has 0 aromatic heterocycles. The van der Waals surface area contributed by atoms with E-state index in [-0.39, 0.29) is 49.1 Å². The lowest BCUT2D eigenvalue weighted by molar-refractivity contribution is -0.889. The highest BCUT2D eigenvalue weighted by atomic mass is 16.6. The van der Waals surface area contributed by atoms with E-state index < -0.39 is 18.1 Å². The van der Waals surface area contributed by atoms with Gasteiger partial charge in [-0.25, -0.2) is 0 Å². The van der Waals surface area contributed by atoms with Crippen LogP contribution in [0.3, 0.4) is 0 Å². The van der Waals surface area contributed by atoms with Crippen LogP contribution < -0.4 is 5.11 Å². The fraction of sp³-hybridized carbons (Fsp3) is 0.620. The lowest BCUT2D eigenvalue weighted by atomic mass is 10.1. The maximum Gasteiger partial charge on any atom is 0.306 e. The molecule has 8 nitrogen and oxygen atoms in total. The van der Waals surface area contributed by atoms with Crippen LogP contribution in [-0.2, 0) is 28.6 Å². The Morgan fingerprint density at radius 2 is 1.03 bits per heavy atom. The molecule has 0 aliphatic heterocycles. The van der Waals surface area contributed by atoms with Gasteiger partial charge in [-0.3, -0.25) is 9.59 Å². The Morgan fingerprint density at radius 3 is 1.59 bits per heavy atom. The van der Waals surface area contributed by atoms with E-state index in [0.717, 1.165) is 96.3 Å². The molecular formula is C50H81NO7. The van der Waals surface area contributed by atoms with Crippen molar-refractivity contribution in [2.75, 3.05) is 41.0 Å². The van der Waals surface area contributed by atoms with Gasteiger partial charge in [-0.1, -0.05) is 162 Å². The molecule has 2 unspecified atom stereocenters. The summed E-state index contributed by atoms with van der Waals surface area (Å²) in [6.07, 6.45) is 52.8. The Hall–Kier alpha value is -3.75. The van der Waals surface area contributed by atoms with Gasteiger partial charge < -0.3 is 28.6 Å². The molecule has 0 aromatic carbocycles. The minimum atomic E-state index is -1.14. The van der Waals surface area contributed by atoms with Crippen molar-refractivity contribution in [3.05, 3.63) is 97.2 Å². The van der Waals surface area contributed by atoms with E-state index in [1.165, 1.54) is 19.3 Å². The Morgan fingerprint density at radius 1 is 0.552 bits per heavy atom. The average Bonchev–Trinajstić information content (AvgIpc) is 3.18. The molecule has 8 heteroatoms. The molecule has 2 atom stereocenters. The monoisotopic (exact) mass is 808 g/mol. The fourth-order valence-corrected chi connectivity index (χ4v) is 5.88. The maximum atomic E-state index is 12.7. The second kappa shape index (κ2) is 40.0. The van der Waals surface area contributed by atoms with Gasteiger partial charge in [0.2, 0.25) is 0 Å². The quantitative estimate of drug-likeness (QED) is 0.0201. The summed E-state index contributed by atoms with van der Waals surface area (Å²) in [5, 5.41) is 11.6. The number of nitrogens with zero attached hydrogens (tertiary/aromatic N) is 1. The van der Waals surface area contributed by atoms with Crippen LogP contribution in [0.2, 0.25) is 0 Å². The molecule has 0 saturated heterocycles. The van der Waals surface area contributed by atoms with Crippen LogP contribution in [0.25, 0.3) is 0 Å². The normalized spacial score (nSPS) is 13.9. The van der Waals surface area contributed by atoms with Crippen molar-refractivity contribution < 1.29 is 38.2 Å². The minimum absolute atomic E-state index is 0.0191. The molecular weight excluding hydrogens is 727 g/mol. The van der Waals surface area contributed by atoms with Gasteiger partial charge in [0.25, 0.3) is 0 Å². The summed E-state index contributed by atoms with van der Waals surface area (Å²) in [4.78, 5) is 36.9. The van der Waals surface area contributed by atoms with Crippen LogP contribution in [0.5, 0.6) is 0 Å². The van der Waals surface area contributed by atoms with E-state index in [2.05, 4.69) is 74.6 Å². The minimum Gasteiger partial charge on any atom is -0.544 e. The van der Waals surface area contributed by atoms with Gasteiger partial charge in [0.15, 0.2) is 6.10 Å². The fourth-order valence-electron chi connectivity index (χ4n) is 5.88. The first-order valence-corrected chi connectivity index (χ1v) is 22.3. The van der Waals surface area contributed by atoms with Crippen molar-refractivity contribution in [1.82, 2.24) is 0 Å². The molecule has 0 radical (unpaired) electrons. The second-order valence-corrected chi connectivity index (χ2v) is 15.7. The Kier molecular flexibility index (Phi) is 37.5. The molecule has 0 heterocycles. The third-order valence-corrected chi connectivity index (χ3v) is 9.31. The third kappa shape index (κ3) is 37.8. The first-order valence-electron chi connectivity index (χ1n) is 22.3. The number of hydrogen-bond acceptors (Lipinski definition) is 7. The zero-order valence-electron chi connectivity index (χ0n) is 37.2. The molecule has 0 aromatic rings. The number of ether oxygens (including phenoxy) is 3. The number of esters is 2. The van der Waals surface area contributed by atoms with Gasteiger partial charge >= 0.3 is 11.9 Å².